The fourth-order valence-corrected chi connectivity index (χ4v) is 2.77. The van der Waals surface area contributed by atoms with E-state index >= 15 is 0 Å². The number of benzene rings is 1. The highest BCUT2D eigenvalue weighted by Crippen LogP contribution is 2.20. The van der Waals surface area contributed by atoms with E-state index in [0.29, 0.717) is 19.1 Å². The van der Waals surface area contributed by atoms with Gasteiger partial charge >= 0.3 is 0 Å². The Kier molecular flexibility index (Phi) is 5.78. The molecule has 0 aromatic heterocycles. The molecule has 1 aromatic rings. The van der Waals surface area contributed by atoms with E-state index in [-0.39, 0.29) is 10.6 Å². The molecular weight excluding hydrogens is 264 g/mol. The molecule has 0 aliphatic heterocycles. The predicted molar refractivity (Wildman–Crippen MR) is 75.7 cm³/mol. The first-order chi connectivity index (χ1) is 8.88. The molecule has 0 bridgehead atoms. The molecule has 19 heavy (non-hydrogen) atoms. The molecule has 2 N–H and O–H groups in total. The average molecular weight is 286 g/mol. The van der Waals surface area contributed by atoms with Gasteiger partial charge in [-0.15, -0.1) is 0 Å². The summed E-state index contributed by atoms with van der Waals surface area (Å²) in [6.07, 6.45) is 1.02. The van der Waals surface area contributed by atoms with Gasteiger partial charge in [-0.05, 0) is 32.5 Å². The van der Waals surface area contributed by atoms with Crippen LogP contribution in [0.1, 0.15) is 20.3 Å². The molecule has 0 aliphatic rings. The summed E-state index contributed by atoms with van der Waals surface area (Å²) in [5.74, 6) is -0.231. The van der Waals surface area contributed by atoms with E-state index in [1.54, 1.807) is 12.1 Å². The van der Waals surface area contributed by atoms with E-state index in [0.717, 1.165) is 6.42 Å². The number of aromatic hydroxyl groups is 1. The molecule has 0 saturated heterocycles. The van der Waals surface area contributed by atoms with Crippen molar-refractivity contribution in [2.45, 2.75) is 31.2 Å². The quantitative estimate of drug-likeness (QED) is 0.795. The molecule has 1 aromatic carbocycles. The maximum absolute atomic E-state index is 12.0. The van der Waals surface area contributed by atoms with E-state index < -0.39 is 10.0 Å². The first-order valence-corrected chi connectivity index (χ1v) is 7.84. The molecule has 1 rings (SSSR count). The largest absolute Gasteiger partial charge is 0.507 e. The second kappa shape index (κ2) is 6.88. The smallest absolute Gasteiger partial charge is 0.244 e. The third kappa shape index (κ3) is 4.49. The maximum atomic E-state index is 12.0. The molecule has 0 spiro atoms. The van der Waals surface area contributed by atoms with Crippen molar-refractivity contribution in [1.29, 1.82) is 0 Å². The molecule has 0 radical (unpaired) electrons. The second-order valence-corrected chi connectivity index (χ2v) is 6.34. The molecule has 108 valence electrons. The summed E-state index contributed by atoms with van der Waals surface area (Å²) >= 11 is 0. The molecule has 0 heterocycles. The number of phenolic OH excluding ortho intramolecular Hbond substituents is 1. The minimum Gasteiger partial charge on any atom is -0.507 e. The van der Waals surface area contributed by atoms with Crippen LogP contribution in [0, 0.1) is 0 Å². The maximum Gasteiger partial charge on any atom is 0.244 e. The topological polar surface area (TPSA) is 69.6 Å². The number of nitrogens with zero attached hydrogens (tertiary/aromatic N) is 1. The molecule has 0 amide bonds. The monoisotopic (exact) mass is 286 g/mol. The zero-order valence-corrected chi connectivity index (χ0v) is 12.4. The lowest BCUT2D eigenvalue weighted by Gasteiger charge is -2.23. The van der Waals surface area contributed by atoms with Gasteiger partial charge in [0.1, 0.15) is 10.6 Å². The molecule has 0 fully saturated rings. The lowest BCUT2D eigenvalue weighted by Crippen LogP contribution is -2.37. The van der Waals surface area contributed by atoms with E-state index in [4.69, 9.17) is 0 Å². The number of nitrogens with one attached hydrogen (secondary N) is 1. The van der Waals surface area contributed by atoms with Crippen molar-refractivity contribution >= 4 is 10.0 Å². The molecule has 1 unspecified atom stereocenters. The molecule has 0 aliphatic carbocycles. The molecular formula is C13H22N2O3S. The molecule has 0 saturated carbocycles. The Hall–Kier alpha value is -1.11. The Labute approximate surface area is 115 Å². The molecule has 1 atom stereocenters. The van der Waals surface area contributed by atoms with E-state index in [1.165, 1.54) is 12.1 Å². The SMILES string of the molecule is CCC(C)N(C)CCNS(=O)(=O)c1ccccc1O. The van der Waals surface area contributed by atoms with Gasteiger partial charge in [-0.25, -0.2) is 13.1 Å². The summed E-state index contributed by atoms with van der Waals surface area (Å²) in [6.45, 7) is 5.13. The average Bonchev–Trinajstić information content (AvgIpc) is 2.37. The van der Waals surface area contributed by atoms with Crippen molar-refractivity contribution in [2.24, 2.45) is 0 Å². The predicted octanol–water partition coefficient (Wildman–Crippen LogP) is 1.40. The highest BCUT2D eigenvalue weighted by molar-refractivity contribution is 7.89. The van der Waals surface area contributed by atoms with Gasteiger partial charge in [0.25, 0.3) is 0 Å². The van der Waals surface area contributed by atoms with Crippen LogP contribution in [0.2, 0.25) is 0 Å². The second-order valence-electron chi connectivity index (χ2n) is 4.60. The van der Waals surface area contributed by atoms with Crippen molar-refractivity contribution < 1.29 is 13.5 Å². The number of phenols is 1. The number of hydrogen-bond donors (Lipinski definition) is 2. The Morgan fingerprint density at radius 2 is 2.00 bits per heavy atom. The highest BCUT2D eigenvalue weighted by atomic mass is 32.2. The Bertz CT molecular complexity index is 502. The van der Waals surface area contributed by atoms with Gasteiger partial charge in [-0.1, -0.05) is 19.1 Å². The Morgan fingerprint density at radius 3 is 2.58 bits per heavy atom. The van der Waals surface area contributed by atoms with Crippen LogP contribution in [0.15, 0.2) is 29.2 Å². The fourth-order valence-electron chi connectivity index (χ4n) is 1.65. The third-order valence-electron chi connectivity index (χ3n) is 3.25. The van der Waals surface area contributed by atoms with Crippen LogP contribution in [0.3, 0.4) is 0 Å². The third-order valence-corrected chi connectivity index (χ3v) is 4.76. The van der Waals surface area contributed by atoms with Gasteiger partial charge in [0.05, 0.1) is 0 Å². The zero-order chi connectivity index (χ0) is 14.5. The van der Waals surface area contributed by atoms with Crippen molar-refractivity contribution in [3.63, 3.8) is 0 Å². The van der Waals surface area contributed by atoms with Crippen LogP contribution in [-0.4, -0.2) is 44.6 Å². The number of likely N-dealkylation sites (N-methyl/N-ethyl adjacent to an activating group) is 1. The van der Waals surface area contributed by atoms with Gasteiger partial charge in [0, 0.05) is 19.1 Å². The Morgan fingerprint density at radius 1 is 1.37 bits per heavy atom. The van der Waals surface area contributed by atoms with Crippen LogP contribution in [-0.2, 0) is 10.0 Å². The van der Waals surface area contributed by atoms with Crippen LogP contribution in [0.4, 0.5) is 0 Å². The number of hydrogen-bond acceptors (Lipinski definition) is 4. The van der Waals surface area contributed by atoms with Crippen molar-refractivity contribution in [3.8, 4) is 5.75 Å². The summed E-state index contributed by atoms with van der Waals surface area (Å²) in [4.78, 5) is 2.01. The summed E-state index contributed by atoms with van der Waals surface area (Å²) in [6, 6.07) is 6.33. The van der Waals surface area contributed by atoms with Crippen LogP contribution < -0.4 is 4.72 Å². The van der Waals surface area contributed by atoms with Gasteiger partial charge < -0.3 is 10.0 Å². The fraction of sp³-hybridized carbons (Fsp3) is 0.538. The number of para-hydroxylation sites is 1. The van der Waals surface area contributed by atoms with Crippen molar-refractivity contribution in [1.82, 2.24) is 9.62 Å². The minimum absolute atomic E-state index is 0.0822. The van der Waals surface area contributed by atoms with E-state index in [1.807, 2.05) is 7.05 Å². The molecule has 6 heteroatoms. The zero-order valence-electron chi connectivity index (χ0n) is 11.6. The van der Waals surface area contributed by atoms with Crippen LogP contribution in [0.25, 0.3) is 0 Å². The van der Waals surface area contributed by atoms with Gasteiger partial charge in [-0.3, -0.25) is 0 Å². The summed E-state index contributed by atoms with van der Waals surface area (Å²) in [7, 11) is -1.68. The first-order valence-electron chi connectivity index (χ1n) is 6.36. The standard InChI is InChI=1S/C13H22N2O3S/c1-4-11(2)15(3)10-9-14-19(17,18)13-8-6-5-7-12(13)16/h5-8,11,14,16H,4,9-10H2,1-3H3. The van der Waals surface area contributed by atoms with Crippen LogP contribution in [0.5, 0.6) is 5.75 Å². The molecule has 5 nitrogen and oxygen atoms in total. The number of rotatable bonds is 7. The van der Waals surface area contributed by atoms with Crippen LogP contribution >= 0.6 is 0 Å². The Balaban J connectivity index is 2.60. The van der Waals surface area contributed by atoms with Crippen molar-refractivity contribution in [2.75, 3.05) is 20.1 Å². The highest BCUT2D eigenvalue weighted by Gasteiger charge is 2.17. The van der Waals surface area contributed by atoms with Gasteiger partial charge in [-0.2, -0.15) is 0 Å². The van der Waals surface area contributed by atoms with E-state index in [9.17, 15) is 13.5 Å². The van der Waals surface area contributed by atoms with Gasteiger partial charge in [0.15, 0.2) is 0 Å². The first kappa shape index (κ1) is 15.9. The lowest BCUT2D eigenvalue weighted by atomic mass is 10.2. The summed E-state index contributed by atoms with van der Waals surface area (Å²) in [5.41, 5.74) is 0. The van der Waals surface area contributed by atoms with Gasteiger partial charge in [0.2, 0.25) is 10.0 Å². The summed E-state index contributed by atoms with van der Waals surface area (Å²) < 4.78 is 26.5. The van der Waals surface area contributed by atoms with E-state index in [2.05, 4.69) is 23.5 Å². The number of sulfonamides is 1. The normalized spacial score (nSPS) is 13.7. The summed E-state index contributed by atoms with van der Waals surface area (Å²) in [5, 5.41) is 9.55. The minimum atomic E-state index is -3.65. The lowest BCUT2D eigenvalue weighted by molar-refractivity contribution is 0.256. The van der Waals surface area contributed by atoms with Crippen molar-refractivity contribution in [3.05, 3.63) is 24.3 Å².